The van der Waals surface area contributed by atoms with Gasteiger partial charge in [0.05, 0.1) is 12.6 Å². The molecule has 0 radical (unpaired) electrons. The van der Waals surface area contributed by atoms with Gasteiger partial charge in [-0.3, -0.25) is 4.79 Å². The van der Waals surface area contributed by atoms with Gasteiger partial charge in [-0.2, -0.15) is 5.10 Å². The van der Waals surface area contributed by atoms with Crippen LogP contribution in [0, 0.1) is 6.92 Å². The summed E-state index contributed by atoms with van der Waals surface area (Å²) in [6, 6.07) is 7.10. The Bertz CT molecular complexity index is 663. The third kappa shape index (κ3) is 2.95. The molecule has 1 N–H and O–H groups in total. The summed E-state index contributed by atoms with van der Waals surface area (Å²) in [5, 5.41) is 7.40. The van der Waals surface area contributed by atoms with Crippen molar-refractivity contribution in [3.8, 4) is 5.75 Å². The van der Waals surface area contributed by atoms with Crippen LogP contribution in [0.3, 0.4) is 0 Å². The summed E-state index contributed by atoms with van der Waals surface area (Å²) < 4.78 is 7.28. The molecular weight excluding hydrogens is 280 g/mol. The summed E-state index contributed by atoms with van der Waals surface area (Å²) in [6.07, 6.45) is 1.88. The minimum Gasteiger partial charge on any atom is -0.494 e. The number of rotatable bonds is 4. The molecule has 22 heavy (non-hydrogen) atoms. The van der Waals surface area contributed by atoms with E-state index in [0.717, 1.165) is 36.8 Å². The van der Waals surface area contributed by atoms with E-state index in [1.54, 1.807) is 12.1 Å². The monoisotopic (exact) mass is 300 g/mol. The molecule has 1 unspecified atom stereocenters. The van der Waals surface area contributed by atoms with E-state index in [1.807, 2.05) is 30.7 Å². The number of amides is 1. The van der Waals surface area contributed by atoms with E-state index in [0.29, 0.717) is 12.2 Å². The first-order chi connectivity index (χ1) is 10.7. The van der Waals surface area contributed by atoms with Gasteiger partial charge in [0.15, 0.2) is 0 Å². The van der Waals surface area contributed by atoms with Gasteiger partial charge in [-0.25, -0.2) is 9.67 Å². The van der Waals surface area contributed by atoms with Crippen molar-refractivity contribution in [2.24, 2.45) is 0 Å². The van der Waals surface area contributed by atoms with Gasteiger partial charge in [0.1, 0.15) is 17.4 Å². The second-order valence-electron chi connectivity index (χ2n) is 5.37. The van der Waals surface area contributed by atoms with Crippen molar-refractivity contribution < 1.29 is 9.53 Å². The molecular formula is C16H20N4O2. The van der Waals surface area contributed by atoms with Gasteiger partial charge in [0.25, 0.3) is 5.91 Å². The molecule has 1 aromatic carbocycles. The zero-order valence-electron chi connectivity index (χ0n) is 12.9. The highest BCUT2D eigenvalue weighted by molar-refractivity contribution is 5.94. The van der Waals surface area contributed by atoms with Crippen LogP contribution in [0.5, 0.6) is 5.75 Å². The number of nitrogens with one attached hydrogen (secondary N) is 1. The average molecular weight is 300 g/mol. The lowest BCUT2D eigenvalue weighted by Gasteiger charge is -2.23. The third-order valence-electron chi connectivity index (χ3n) is 3.71. The fourth-order valence-corrected chi connectivity index (χ4v) is 2.72. The molecule has 1 atom stereocenters. The van der Waals surface area contributed by atoms with Gasteiger partial charge in [0.2, 0.25) is 0 Å². The van der Waals surface area contributed by atoms with Gasteiger partial charge in [0, 0.05) is 12.1 Å². The lowest BCUT2D eigenvalue weighted by Crippen LogP contribution is -2.33. The topological polar surface area (TPSA) is 69.0 Å². The highest BCUT2D eigenvalue weighted by Gasteiger charge is 2.25. The Kier molecular flexibility index (Phi) is 4.09. The molecule has 3 rings (SSSR count). The van der Waals surface area contributed by atoms with Crippen molar-refractivity contribution in [3.05, 3.63) is 41.5 Å². The third-order valence-corrected chi connectivity index (χ3v) is 3.71. The van der Waals surface area contributed by atoms with E-state index in [4.69, 9.17) is 4.74 Å². The number of hydrogen-bond donors (Lipinski definition) is 1. The summed E-state index contributed by atoms with van der Waals surface area (Å²) in [7, 11) is 0. The van der Waals surface area contributed by atoms with Crippen molar-refractivity contribution in [1.29, 1.82) is 0 Å². The maximum atomic E-state index is 12.4. The van der Waals surface area contributed by atoms with Crippen LogP contribution >= 0.6 is 0 Å². The summed E-state index contributed by atoms with van der Waals surface area (Å²) in [5.41, 5.74) is 0.622. The lowest BCUT2D eigenvalue weighted by molar-refractivity contribution is 0.0927. The Hall–Kier alpha value is -2.37. The molecule has 116 valence electrons. The van der Waals surface area contributed by atoms with Crippen LogP contribution in [0.2, 0.25) is 0 Å². The smallest absolute Gasteiger partial charge is 0.251 e. The Labute approximate surface area is 129 Å². The normalized spacial score (nSPS) is 16.9. The van der Waals surface area contributed by atoms with Crippen LogP contribution in [0.15, 0.2) is 24.3 Å². The molecule has 1 amide bonds. The average Bonchev–Trinajstić information content (AvgIpc) is 2.90. The highest BCUT2D eigenvalue weighted by Crippen LogP contribution is 2.23. The SMILES string of the molecule is CCOc1ccc(C(=O)NC2CCCn3nc(C)nc32)cc1. The Morgan fingerprint density at radius 2 is 2.18 bits per heavy atom. The Morgan fingerprint density at radius 3 is 2.91 bits per heavy atom. The lowest BCUT2D eigenvalue weighted by atomic mass is 10.1. The van der Waals surface area contributed by atoms with Crippen LogP contribution in [-0.2, 0) is 6.54 Å². The molecule has 2 heterocycles. The molecule has 0 spiro atoms. The van der Waals surface area contributed by atoms with Crippen molar-refractivity contribution in [2.45, 2.75) is 39.3 Å². The minimum atomic E-state index is -0.0952. The number of carbonyl (C=O) groups is 1. The van der Waals surface area contributed by atoms with Crippen LogP contribution in [0.1, 0.15) is 47.8 Å². The number of aromatic nitrogens is 3. The number of ether oxygens (including phenoxy) is 1. The van der Waals surface area contributed by atoms with E-state index in [-0.39, 0.29) is 11.9 Å². The van der Waals surface area contributed by atoms with Crippen LogP contribution < -0.4 is 10.1 Å². The molecule has 6 heteroatoms. The molecule has 1 aliphatic rings. The van der Waals surface area contributed by atoms with Crippen molar-refractivity contribution >= 4 is 5.91 Å². The van der Waals surface area contributed by atoms with Crippen LogP contribution in [-0.4, -0.2) is 27.3 Å². The largest absolute Gasteiger partial charge is 0.494 e. The van der Waals surface area contributed by atoms with Crippen LogP contribution in [0.25, 0.3) is 0 Å². The molecule has 0 saturated carbocycles. The van der Waals surface area contributed by atoms with E-state index in [2.05, 4.69) is 15.4 Å². The number of aryl methyl sites for hydroxylation is 2. The molecule has 0 aliphatic carbocycles. The number of hydrogen-bond acceptors (Lipinski definition) is 4. The second-order valence-corrected chi connectivity index (χ2v) is 5.37. The van der Waals surface area contributed by atoms with Crippen LogP contribution in [0.4, 0.5) is 0 Å². The van der Waals surface area contributed by atoms with Gasteiger partial charge < -0.3 is 10.1 Å². The number of fused-ring (bicyclic) bond motifs is 1. The first-order valence-corrected chi connectivity index (χ1v) is 7.62. The van der Waals surface area contributed by atoms with Crippen molar-refractivity contribution in [1.82, 2.24) is 20.1 Å². The molecule has 0 fully saturated rings. The number of benzene rings is 1. The minimum absolute atomic E-state index is 0.0750. The van der Waals surface area contributed by atoms with E-state index >= 15 is 0 Å². The zero-order valence-corrected chi connectivity index (χ0v) is 12.9. The Morgan fingerprint density at radius 1 is 1.41 bits per heavy atom. The summed E-state index contributed by atoms with van der Waals surface area (Å²) in [5.74, 6) is 2.27. The molecule has 1 aromatic heterocycles. The van der Waals surface area contributed by atoms with E-state index < -0.39 is 0 Å². The van der Waals surface area contributed by atoms with E-state index in [1.165, 1.54) is 0 Å². The molecule has 0 bridgehead atoms. The maximum absolute atomic E-state index is 12.4. The molecule has 2 aromatic rings. The van der Waals surface area contributed by atoms with Crippen molar-refractivity contribution in [3.63, 3.8) is 0 Å². The summed E-state index contributed by atoms with van der Waals surface area (Å²) >= 11 is 0. The standard InChI is InChI=1S/C16H20N4O2/c1-3-22-13-8-6-12(7-9-13)16(21)18-14-5-4-10-20-15(14)17-11(2)19-20/h6-9,14H,3-5,10H2,1-2H3,(H,18,21). The molecule has 6 nitrogen and oxygen atoms in total. The summed E-state index contributed by atoms with van der Waals surface area (Å²) in [4.78, 5) is 16.8. The fourth-order valence-electron chi connectivity index (χ4n) is 2.72. The second kappa shape index (κ2) is 6.17. The zero-order chi connectivity index (χ0) is 15.5. The predicted octanol–water partition coefficient (Wildman–Crippen LogP) is 2.25. The van der Waals surface area contributed by atoms with E-state index in [9.17, 15) is 4.79 Å². The number of carbonyl (C=O) groups excluding carboxylic acids is 1. The highest BCUT2D eigenvalue weighted by atomic mass is 16.5. The first-order valence-electron chi connectivity index (χ1n) is 7.62. The predicted molar refractivity (Wildman–Crippen MR) is 81.8 cm³/mol. The maximum Gasteiger partial charge on any atom is 0.251 e. The van der Waals surface area contributed by atoms with Crippen molar-refractivity contribution in [2.75, 3.05) is 6.61 Å². The van der Waals surface area contributed by atoms with Gasteiger partial charge in [-0.05, 0) is 51.0 Å². The summed E-state index contributed by atoms with van der Waals surface area (Å²) in [6.45, 7) is 5.28. The quantitative estimate of drug-likeness (QED) is 0.940. The molecule has 0 saturated heterocycles. The Balaban J connectivity index is 1.72. The fraction of sp³-hybridized carbons (Fsp3) is 0.438. The first kappa shape index (κ1) is 14.6. The molecule has 1 aliphatic heterocycles. The van der Waals surface area contributed by atoms with Gasteiger partial charge >= 0.3 is 0 Å². The number of nitrogens with zero attached hydrogens (tertiary/aromatic N) is 3. The van der Waals surface area contributed by atoms with Gasteiger partial charge in [-0.15, -0.1) is 0 Å². The van der Waals surface area contributed by atoms with Gasteiger partial charge in [-0.1, -0.05) is 0 Å².